The number of nitrogens with one attached hydrogen (secondary N) is 1. The first kappa shape index (κ1) is 16.3. The van der Waals surface area contributed by atoms with Gasteiger partial charge in [0.05, 0.1) is 0 Å². The molecule has 0 amide bonds. The van der Waals surface area contributed by atoms with Crippen LogP contribution in [0.4, 0.5) is 0 Å². The number of hydrogen-bond donors (Lipinski definition) is 1. The summed E-state index contributed by atoms with van der Waals surface area (Å²) >= 11 is 0. The molecular weight excluding hydrogens is 246 g/mol. The van der Waals surface area contributed by atoms with E-state index in [0.717, 1.165) is 12.5 Å². The molecule has 0 spiro atoms. The van der Waals surface area contributed by atoms with E-state index >= 15 is 0 Å². The second-order valence-electron chi connectivity index (χ2n) is 7.38. The quantitative estimate of drug-likeness (QED) is 0.738. The highest BCUT2D eigenvalue weighted by Gasteiger charge is 2.40. The van der Waals surface area contributed by atoms with Crippen molar-refractivity contribution >= 4 is 0 Å². The minimum absolute atomic E-state index is 0.460. The van der Waals surface area contributed by atoms with Gasteiger partial charge in [-0.25, -0.2) is 0 Å². The molecule has 3 heteroatoms. The van der Waals surface area contributed by atoms with Crippen molar-refractivity contribution in [3.05, 3.63) is 0 Å². The Morgan fingerprint density at radius 2 is 1.75 bits per heavy atom. The van der Waals surface area contributed by atoms with Crippen molar-refractivity contribution in [2.45, 2.75) is 63.5 Å². The maximum absolute atomic E-state index is 3.75. The van der Waals surface area contributed by atoms with Crippen LogP contribution in [0.1, 0.15) is 51.9 Å². The van der Waals surface area contributed by atoms with Crippen LogP contribution < -0.4 is 5.32 Å². The van der Waals surface area contributed by atoms with E-state index in [-0.39, 0.29) is 0 Å². The van der Waals surface area contributed by atoms with Gasteiger partial charge < -0.3 is 15.1 Å². The van der Waals surface area contributed by atoms with Crippen molar-refractivity contribution in [2.24, 2.45) is 5.92 Å². The highest BCUT2D eigenvalue weighted by molar-refractivity contribution is 4.98. The van der Waals surface area contributed by atoms with Gasteiger partial charge in [-0.15, -0.1) is 0 Å². The summed E-state index contributed by atoms with van der Waals surface area (Å²) in [6, 6.07) is 0.701. The molecule has 2 saturated carbocycles. The monoisotopic (exact) mass is 281 g/mol. The van der Waals surface area contributed by atoms with Crippen LogP contribution in [0, 0.1) is 5.92 Å². The first-order valence-corrected chi connectivity index (χ1v) is 8.67. The molecule has 0 aliphatic heterocycles. The third-order valence-electron chi connectivity index (χ3n) is 5.74. The second-order valence-corrected chi connectivity index (χ2v) is 7.38. The Hall–Kier alpha value is -0.120. The summed E-state index contributed by atoms with van der Waals surface area (Å²) in [5.41, 5.74) is 0.460. The van der Waals surface area contributed by atoms with Gasteiger partial charge in [0.1, 0.15) is 0 Å². The molecule has 0 radical (unpaired) electrons. The van der Waals surface area contributed by atoms with Crippen LogP contribution in [0.2, 0.25) is 0 Å². The lowest BCUT2D eigenvalue weighted by Crippen LogP contribution is -2.58. The fourth-order valence-corrected chi connectivity index (χ4v) is 4.24. The van der Waals surface area contributed by atoms with Gasteiger partial charge in [-0.3, -0.25) is 0 Å². The van der Waals surface area contributed by atoms with E-state index in [1.807, 2.05) is 0 Å². The van der Waals surface area contributed by atoms with Gasteiger partial charge >= 0.3 is 0 Å². The van der Waals surface area contributed by atoms with Crippen molar-refractivity contribution in [3.63, 3.8) is 0 Å². The summed E-state index contributed by atoms with van der Waals surface area (Å²) in [4.78, 5) is 5.05. The van der Waals surface area contributed by atoms with E-state index in [9.17, 15) is 0 Å². The summed E-state index contributed by atoms with van der Waals surface area (Å²) in [5.74, 6) is 0.911. The zero-order valence-electron chi connectivity index (χ0n) is 14.1. The SMILES string of the molecule is CCNC(CN(C)CC1(N(C)C)CCC1)C1CCCC1. The summed E-state index contributed by atoms with van der Waals surface area (Å²) in [6.07, 6.45) is 9.91. The largest absolute Gasteiger partial charge is 0.313 e. The average molecular weight is 281 g/mol. The summed E-state index contributed by atoms with van der Waals surface area (Å²) < 4.78 is 0. The van der Waals surface area contributed by atoms with Crippen LogP contribution in [0.5, 0.6) is 0 Å². The Morgan fingerprint density at radius 1 is 1.10 bits per heavy atom. The van der Waals surface area contributed by atoms with Crippen LogP contribution in [0.3, 0.4) is 0 Å². The van der Waals surface area contributed by atoms with Crippen molar-refractivity contribution in [1.29, 1.82) is 0 Å². The first-order valence-electron chi connectivity index (χ1n) is 8.67. The van der Waals surface area contributed by atoms with Crippen LogP contribution in [0.15, 0.2) is 0 Å². The molecule has 0 bridgehead atoms. The van der Waals surface area contributed by atoms with E-state index in [2.05, 4.69) is 43.2 Å². The third-order valence-corrected chi connectivity index (χ3v) is 5.74. The van der Waals surface area contributed by atoms with E-state index < -0.39 is 0 Å². The van der Waals surface area contributed by atoms with Crippen LogP contribution in [-0.4, -0.2) is 62.2 Å². The summed E-state index contributed by atoms with van der Waals surface area (Å²) in [6.45, 7) is 5.80. The van der Waals surface area contributed by atoms with E-state index in [1.54, 1.807) is 0 Å². The fourth-order valence-electron chi connectivity index (χ4n) is 4.24. The molecule has 2 rings (SSSR count). The summed E-state index contributed by atoms with van der Waals surface area (Å²) in [5, 5.41) is 3.75. The molecule has 0 aromatic rings. The maximum atomic E-state index is 3.75. The molecule has 2 fully saturated rings. The zero-order chi connectivity index (χ0) is 14.6. The number of nitrogens with zero attached hydrogens (tertiary/aromatic N) is 2. The lowest BCUT2D eigenvalue weighted by Gasteiger charge is -2.49. The molecule has 1 N–H and O–H groups in total. The van der Waals surface area contributed by atoms with Crippen LogP contribution in [-0.2, 0) is 0 Å². The standard InChI is InChI=1S/C17H35N3/c1-5-18-16(15-9-6-7-10-15)13-20(4)14-17(19(2)3)11-8-12-17/h15-16,18H,5-14H2,1-4H3. The molecule has 20 heavy (non-hydrogen) atoms. The third kappa shape index (κ3) is 3.75. The van der Waals surface area contributed by atoms with Gasteiger partial charge in [0.2, 0.25) is 0 Å². The minimum Gasteiger partial charge on any atom is -0.313 e. The van der Waals surface area contributed by atoms with Gasteiger partial charge in [0.15, 0.2) is 0 Å². The average Bonchev–Trinajstić information content (AvgIpc) is 2.86. The molecule has 0 aromatic carbocycles. The Kier molecular flexibility index (Phi) is 5.88. The minimum atomic E-state index is 0.460. The van der Waals surface area contributed by atoms with Gasteiger partial charge in [-0.1, -0.05) is 19.8 Å². The second kappa shape index (κ2) is 7.24. The Morgan fingerprint density at radius 3 is 2.20 bits per heavy atom. The molecule has 1 atom stereocenters. The van der Waals surface area contributed by atoms with Gasteiger partial charge in [-0.05, 0) is 65.7 Å². The molecular formula is C17H35N3. The molecule has 1 unspecified atom stereocenters. The van der Waals surface area contributed by atoms with E-state index in [0.29, 0.717) is 11.6 Å². The smallest absolute Gasteiger partial charge is 0.0330 e. The van der Waals surface area contributed by atoms with E-state index in [1.165, 1.54) is 58.0 Å². The lowest BCUT2D eigenvalue weighted by atomic mass is 9.75. The molecule has 3 nitrogen and oxygen atoms in total. The van der Waals surface area contributed by atoms with E-state index in [4.69, 9.17) is 0 Å². The number of rotatable bonds is 8. The lowest BCUT2D eigenvalue weighted by molar-refractivity contribution is 0.0239. The predicted molar refractivity (Wildman–Crippen MR) is 87.2 cm³/mol. The Balaban J connectivity index is 1.85. The Bertz CT molecular complexity index is 280. The molecule has 0 saturated heterocycles. The van der Waals surface area contributed by atoms with Crippen molar-refractivity contribution in [2.75, 3.05) is 40.8 Å². The normalized spacial score (nSPS) is 24.3. The van der Waals surface area contributed by atoms with Crippen molar-refractivity contribution in [3.8, 4) is 0 Å². The topological polar surface area (TPSA) is 18.5 Å². The zero-order valence-corrected chi connectivity index (χ0v) is 14.1. The fraction of sp³-hybridized carbons (Fsp3) is 1.00. The Labute approximate surface area is 126 Å². The van der Waals surface area contributed by atoms with Crippen molar-refractivity contribution in [1.82, 2.24) is 15.1 Å². The molecule has 2 aliphatic carbocycles. The maximum Gasteiger partial charge on any atom is 0.0330 e. The highest BCUT2D eigenvalue weighted by atomic mass is 15.2. The molecule has 118 valence electrons. The molecule has 2 aliphatic rings. The molecule has 0 heterocycles. The van der Waals surface area contributed by atoms with Gasteiger partial charge in [0.25, 0.3) is 0 Å². The van der Waals surface area contributed by atoms with Crippen LogP contribution in [0.25, 0.3) is 0 Å². The highest BCUT2D eigenvalue weighted by Crippen LogP contribution is 2.37. The van der Waals surface area contributed by atoms with Gasteiger partial charge in [0, 0.05) is 24.7 Å². The van der Waals surface area contributed by atoms with Gasteiger partial charge in [-0.2, -0.15) is 0 Å². The van der Waals surface area contributed by atoms with Crippen molar-refractivity contribution < 1.29 is 0 Å². The van der Waals surface area contributed by atoms with Crippen LogP contribution >= 0.6 is 0 Å². The number of hydrogen-bond acceptors (Lipinski definition) is 3. The number of likely N-dealkylation sites (N-methyl/N-ethyl adjacent to an activating group) is 3. The predicted octanol–water partition coefficient (Wildman–Crippen LogP) is 2.57. The summed E-state index contributed by atoms with van der Waals surface area (Å²) in [7, 11) is 6.83. The first-order chi connectivity index (χ1) is 9.57. The molecule has 0 aromatic heterocycles.